The van der Waals surface area contributed by atoms with Crippen LogP contribution in [0.15, 0.2) is 58.2 Å². The number of hydrogen-bond donors (Lipinski definition) is 1. The van der Waals surface area contributed by atoms with E-state index in [2.05, 4.69) is 4.72 Å². The molecular formula is C22H24ClNO5S. The van der Waals surface area contributed by atoms with Crippen LogP contribution >= 0.6 is 11.6 Å². The van der Waals surface area contributed by atoms with Gasteiger partial charge < -0.3 is 14.2 Å². The van der Waals surface area contributed by atoms with Crippen LogP contribution in [0.4, 0.5) is 0 Å². The van der Waals surface area contributed by atoms with Gasteiger partial charge in [-0.15, -0.1) is 0 Å². The van der Waals surface area contributed by atoms with E-state index in [4.69, 9.17) is 25.8 Å². The number of sulfonamides is 1. The van der Waals surface area contributed by atoms with E-state index in [-0.39, 0.29) is 23.3 Å². The Labute approximate surface area is 182 Å². The summed E-state index contributed by atoms with van der Waals surface area (Å²) in [5.41, 5.74) is 2.85. The van der Waals surface area contributed by atoms with Gasteiger partial charge in [-0.3, -0.25) is 0 Å². The first-order valence-electron chi connectivity index (χ1n) is 9.34. The maximum absolute atomic E-state index is 12.6. The molecule has 0 fully saturated rings. The van der Waals surface area contributed by atoms with Crippen LogP contribution in [-0.4, -0.2) is 15.2 Å². The molecule has 0 spiro atoms. The maximum Gasteiger partial charge on any atom is 0.236 e. The van der Waals surface area contributed by atoms with E-state index in [1.807, 2.05) is 32.0 Å². The van der Waals surface area contributed by atoms with Crippen LogP contribution in [0.5, 0.6) is 17.2 Å². The van der Waals surface area contributed by atoms with E-state index in [0.29, 0.717) is 23.0 Å². The van der Waals surface area contributed by atoms with Crippen LogP contribution in [0, 0.1) is 13.8 Å². The number of halogens is 1. The van der Waals surface area contributed by atoms with Crippen molar-refractivity contribution in [2.45, 2.75) is 34.2 Å². The van der Waals surface area contributed by atoms with E-state index in [1.165, 1.54) is 13.0 Å². The number of hydrogen-bond acceptors (Lipinski definition) is 5. The number of rotatable bonds is 7. The summed E-state index contributed by atoms with van der Waals surface area (Å²) >= 11 is 6.31. The van der Waals surface area contributed by atoms with Crippen molar-refractivity contribution in [1.82, 2.24) is 4.72 Å². The molecule has 30 heavy (non-hydrogen) atoms. The molecule has 0 bridgehead atoms. The van der Waals surface area contributed by atoms with E-state index >= 15 is 0 Å². The molecule has 0 radical (unpaired) electrons. The second-order valence-corrected chi connectivity index (χ2v) is 9.32. The van der Waals surface area contributed by atoms with Gasteiger partial charge in [0.15, 0.2) is 11.5 Å². The SMILES string of the molecule is C/C(Oc1cccc(C)c1C)=C(Cl)\C=C(/C)S(=O)(=O)NCc1ccc2c(c1)OCO2. The minimum absolute atomic E-state index is 0.0807. The molecule has 3 rings (SSSR count). The zero-order chi connectivity index (χ0) is 21.9. The molecule has 1 heterocycles. The molecular weight excluding hydrogens is 426 g/mol. The van der Waals surface area contributed by atoms with Gasteiger partial charge in [0, 0.05) is 6.54 Å². The summed E-state index contributed by atoms with van der Waals surface area (Å²) in [6.45, 7) is 7.41. The van der Waals surface area contributed by atoms with Gasteiger partial charge in [0.2, 0.25) is 16.8 Å². The summed E-state index contributed by atoms with van der Waals surface area (Å²) in [4.78, 5) is 0.0807. The number of aryl methyl sites for hydroxylation is 1. The number of fused-ring (bicyclic) bond motifs is 1. The lowest BCUT2D eigenvalue weighted by Gasteiger charge is -2.12. The van der Waals surface area contributed by atoms with E-state index < -0.39 is 10.0 Å². The lowest BCUT2D eigenvalue weighted by atomic mass is 10.1. The molecule has 0 saturated heterocycles. The topological polar surface area (TPSA) is 73.9 Å². The van der Waals surface area contributed by atoms with Crippen molar-refractivity contribution in [3.63, 3.8) is 0 Å². The fourth-order valence-corrected chi connectivity index (χ4v) is 3.87. The fraction of sp³-hybridized carbons (Fsp3) is 0.273. The summed E-state index contributed by atoms with van der Waals surface area (Å²) in [5.74, 6) is 2.34. The van der Waals surface area contributed by atoms with Gasteiger partial charge in [0.05, 0.1) is 9.94 Å². The molecule has 1 aliphatic rings. The Balaban J connectivity index is 1.70. The normalized spacial score (nSPS) is 14.5. The number of benzene rings is 2. The van der Waals surface area contributed by atoms with Gasteiger partial charge in [-0.2, -0.15) is 0 Å². The van der Waals surface area contributed by atoms with Gasteiger partial charge in [-0.05, 0) is 68.7 Å². The molecule has 2 aromatic carbocycles. The largest absolute Gasteiger partial charge is 0.460 e. The van der Waals surface area contributed by atoms with Crippen LogP contribution in [-0.2, 0) is 16.6 Å². The third kappa shape index (κ3) is 5.16. The molecule has 2 aromatic rings. The molecule has 0 amide bonds. The van der Waals surface area contributed by atoms with Crippen molar-refractivity contribution in [2.24, 2.45) is 0 Å². The van der Waals surface area contributed by atoms with Crippen molar-refractivity contribution in [3.8, 4) is 17.2 Å². The molecule has 0 saturated carbocycles. The molecule has 0 aromatic heterocycles. The second-order valence-electron chi connectivity index (χ2n) is 6.97. The highest BCUT2D eigenvalue weighted by molar-refractivity contribution is 7.93. The molecule has 6 nitrogen and oxygen atoms in total. The van der Waals surface area contributed by atoms with E-state index in [9.17, 15) is 8.42 Å². The minimum Gasteiger partial charge on any atom is -0.460 e. The summed E-state index contributed by atoms with van der Waals surface area (Å²) in [6, 6.07) is 11.0. The molecule has 1 N–H and O–H groups in total. The Bertz CT molecular complexity index is 1120. The average Bonchev–Trinajstić information content (AvgIpc) is 3.17. The highest BCUT2D eigenvalue weighted by Gasteiger charge is 2.17. The first-order valence-corrected chi connectivity index (χ1v) is 11.2. The predicted molar refractivity (Wildman–Crippen MR) is 117 cm³/mol. The fourth-order valence-electron chi connectivity index (χ4n) is 2.75. The lowest BCUT2D eigenvalue weighted by Crippen LogP contribution is -2.23. The summed E-state index contributed by atoms with van der Waals surface area (Å²) < 4.78 is 44.2. The lowest BCUT2D eigenvalue weighted by molar-refractivity contribution is 0.174. The maximum atomic E-state index is 12.6. The molecule has 0 atom stereocenters. The summed E-state index contributed by atoms with van der Waals surface area (Å²) in [5, 5.41) is 0.210. The Morgan fingerprint density at radius 2 is 1.90 bits per heavy atom. The number of nitrogens with one attached hydrogen (secondary N) is 1. The number of allylic oxidation sites excluding steroid dienone is 4. The Morgan fingerprint density at radius 1 is 1.17 bits per heavy atom. The highest BCUT2D eigenvalue weighted by atomic mass is 35.5. The third-order valence-corrected chi connectivity index (χ3v) is 6.68. The van der Waals surface area contributed by atoms with E-state index in [0.717, 1.165) is 16.7 Å². The summed E-state index contributed by atoms with van der Waals surface area (Å²) in [7, 11) is -3.72. The zero-order valence-corrected chi connectivity index (χ0v) is 18.9. The average molecular weight is 450 g/mol. The quantitative estimate of drug-likeness (QED) is 0.480. The highest BCUT2D eigenvalue weighted by Crippen LogP contribution is 2.32. The smallest absolute Gasteiger partial charge is 0.236 e. The molecule has 0 unspecified atom stereocenters. The summed E-state index contributed by atoms with van der Waals surface area (Å²) in [6.07, 6.45) is 1.38. The predicted octanol–water partition coefficient (Wildman–Crippen LogP) is 4.90. The van der Waals surface area contributed by atoms with Crippen molar-refractivity contribution < 1.29 is 22.6 Å². The van der Waals surface area contributed by atoms with Gasteiger partial charge in [0.25, 0.3) is 0 Å². The van der Waals surface area contributed by atoms with Crippen LogP contribution in [0.2, 0.25) is 0 Å². The second kappa shape index (κ2) is 9.12. The molecule has 8 heteroatoms. The van der Waals surface area contributed by atoms with Crippen molar-refractivity contribution in [1.29, 1.82) is 0 Å². The standard InChI is InChI=1S/C22H24ClNO5S/c1-14-6-5-7-20(16(14)3)29-17(4)19(23)10-15(2)30(25,26)24-12-18-8-9-21-22(11-18)28-13-27-21/h5-11,24H,12-13H2,1-4H3/b15-10+,19-17-. The molecule has 160 valence electrons. The molecule has 0 aliphatic carbocycles. The first kappa shape index (κ1) is 22.2. The third-order valence-electron chi connectivity index (χ3n) is 4.81. The van der Waals surface area contributed by atoms with Gasteiger partial charge >= 0.3 is 0 Å². The number of ether oxygens (including phenoxy) is 3. The first-order chi connectivity index (χ1) is 14.2. The van der Waals surface area contributed by atoms with Gasteiger partial charge in [-0.1, -0.05) is 29.8 Å². The Morgan fingerprint density at radius 3 is 2.67 bits per heavy atom. The van der Waals surface area contributed by atoms with Crippen molar-refractivity contribution in [2.75, 3.05) is 6.79 Å². The van der Waals surface area contributed by atoms with Gasteiger partial charge in [-0.25, -0.2) is 13.1 Å². The van der Waals surface area contributed by atoms with E-state index in [1.54, 1.807) is 25.1 Å². The molecule has 1 aliphatic heterocycles. The Hall–Kier alpha value is -2.48. The van der Waals surface area contributed by atoms with Crippen LogP contribution in [0.25, 0.3) is 0 Å². The van der Waals surface area contributed by atoms with Crippen molar-refractivity contribution >= 4 is 21.6 Å². The van der Waals surface area contributed by atoms with Crippen LogP contribution < -0.4 is 18.9 Å². The van der Waals surface area contributed by atoms with Crippen molar-refractivity contribution in [3.05, 3.63) is 74.9 Å². The van der Waals surface area contributed by atoms with Gasteiger partial charge in [0.1, 0.15) is 11.5 Å². The minimum atomic E-state index is -3.72. The Kier molecular flexibility index (Phi) is 6.75. The van der Waals surface area contributed by atoms with Crippen LogP contribution in [0.1, 0.15) is 30.5 Å². The van der Waals surface area contributed by atoms with Crippen LogP contribution in [0.3, 0.4) is 0 Å². The monoisotopic (exact) mass is 449 g/mol. The zero-order valence-electron chi connectivity index (χ0n) is 17.3.